The van der Waals surface area contributed by atoms with Crippen molar-refractivity contribution in [2.45, 2.75) is 13.0 Å². The van der Waals surface area contributed by atoms with Crippen LogP contribution in [0.5, 0.6) is 0 Å². The van der Waals surface area contributed by atoms with E-state index in [2.05, 4.69) is 20.5 Å². The zero-order chi connectivity index (χ0) is 12.3. The lowest BCUT2D eigenvalue weighted by molar-refractivity contribution is -0.129. The summed E-state index contributed by atoms with van der Waals surface area (Å²) in [6, 6.07) is -0.472. The molecule has 0 saturated carbocycles. The fourth-order valence-electron chi connectivity index (χ4n) is 1.04. The molecule has 0 radical (unpaired) electrons. The van der Waals surface area contributed by atoms with Gasteiger partial charge >= 0.3 is 0 Å². The minimum Gasteiger partial charge on any atom is -0.356 e. The van der Waals surface area contributed by atoms with Gasteiger partial charge in [-0.15, -0.1) is 10.2 Å². The van der Waals surface area contributed by atoms with Gasteiger partial charge in [0.1, 0.15) is 6.04 Å². The fraction of sp³-hybridized carbons (Fsp3) is 0.500. The number of likely N-dealkylation sites (N-methyl/N-ethyl adjacent to an activating group) is 1. The van der Waals surface area contributed by atoms with Crippen LogP contribution in [0.3, 0.4) is 0 Å². The van der Waals surface area contributed by atoms with Crippen molar-refractivity contribution in [1.29, 1.82) is 0 Å². The summed E-state index contributed by atoms with van der Waals surface area (Å²) in [5.74, 6) is 0.134. The predicted molar refractivity (Wildman–Crippen MR) is 61.6 cm³/mol. The number of hydrogen-bond acceptors (Lipinski definition) is 5. The highest BCUT2D eigenvalue weighted by Crippen LogP contribution is 2.17. The van der Waals surface area contributed by atoms with Crippen LogP contribution in [0.15, 0.2) is 0 Å². The van der Waals surface area contributed by atoms with Gasteiger partial charge in [-0.3, -0.25) is 4.79 Å². The molecule has 0 aliphatic heterocycles. The molecule has 0 spiro atoms. The molecule has 1 heterocycles. The van der Waals surface area contributed by atoms with Crippen LogP contribution in [0, 0.1) is 0 Å². The highest BCUT2D eigenvalue weighted by molar-refractivity contribution is 6.32. The molecular weight excluding hydrogens is 253 g/mol. The first-order valence-corrected chi connectivity index (χ1v) is 5.21. The summed E-state index contributed by atoms with van der Waals surface area (Å²) in [5.41, 5.74) is 0. The summed E-state index contributed by atoms with van der Waals surface area (Å²) >= 11 is 11.3. The first-order valence-electron chi connectivity index (χ1n) is 4.45. The summed E-state index contributed by atoms with van der Waals surface area (Å²) in [6.07, 6.45) is 0. The summed E-state index contributed by atoms with van der Waals surface area (Å²) in [4.78, 5) is 16.9. The lowest BCUT2D eigenvalue weighted by atomic mass is 10.3. The van der Waals surface area contributed by atoms with Crippen LogP contribution < -0.4 is 5.32 Å². The average molecular weight is 264 g/mol. The zero-order valence-corrected chi connectivity index (χ0v) is 10.5. The maximum Gasteiger partial charge on any atom is 0.245 e. The van der Waals surface area contributed by atoms with Crippen molar-refractivity contribution >= 4 is 34.9 Å². The number of aromatic nitrogens is 3. The Morgan fingerprint density at radius 2 is 2.00 bits per heavy atom. The topological polar surface area (TPSA) is 71.0 Å². The number of nitrogens with one attached hydrogen (secondary N) is 1. The normalized spacial score (nSPS) is 12.1. The lowest BCUT2D eigenvalue weighted by Gasteiger charge is -2.18. The van der Waals surface area contributed by atoms with Gasteiger partial charge in [0.15, 0.2) is 11.0 Å². The number of nitrogens with zero attached hydrogens (tertiary/aromatic N) is 4. The van der Waals surface area contributed by atoms with Gasteiger partial charge in [0, 0.05) is 14.1 Å². The molecule has 0 fully saturated rings. The van der Waals surface area contributed by atoms with E-state index < -0.39 is 6.04 Å². The van der Waals surface area contributed by atoms with Crippen LogP contribution in [-0.4, -0.2) is 46.1 Å². The highest BCUT2D eigenvalue weighted by atomic mass is 35.5. The molecular formula is C8H11Cl2N5O. The molecule has 1 aromatic heterocycles. The minimum atomic E-state index is -0.472. The van der Waals surface area contributed by atoms with Crippen LogP contribution in [0.25, 0.3) is 0 Å². The van der Waals surface area contributed by atoms with Gasteiger partial charge in [0.05, 0.1) is 0 Å². The third-order valence-electron chi connectivity index (χ3n) is 1.78. The number of carbonyl (C=O) groups excluding carboxylic acids is 1. The Bertz CT molecular complexity index is 398. The van der Waals surface area contributed by atoms with E-state index in [4.69, 9.17) is 23.2 Å². The first kappa shape index (κ1) is 12.9. The largest absolute Gasteiger partial charge is 0.356 e. The van der Waals surface area contributed by atoms with E-state index in [0.717, 1.165) is 0 Å². The minimum absolute atomic E-state index is 0.0311. The van der Waals surface area contributed by atoms with E-state index in [1.807, 2.05) is 0 Å². The molecule has 1 atom stereocenters. The molecule has 1 amide bonds. The van der Waals surface area contributed by atoms with Crippen LogP contribution in [-0.2, 0) is 4.79 Å². The number of carbonyl (C=O) groups is 1. The fourth-order valence-corrected chi connectivity index (χ4v) is 1.30. The van der Waals surface area contributed by atoms with Crippen molar-refractivity contribution in [3.05, 3.63) is 10.4 Å². The van der Waals surface area contributed by atoms with E-state index >= 15 is 0 Å². The highest BCUT2D eigenvalue weighted by Gasteiger charge is 2.17. The van der Waals surface area contributed by atoms with Crippen molar-refractivity contribution in [3.63, 3.8) is 0 Å². The van der Waals surface area contributed by atoms with E-state index in [0.29, 0.717) is 0 Å². The average Bonchev–Trinajstić information content (AvgIpc) is 2.22. The third kappa shape index (κ3) is 3.18. The standard InChI is InChI=1S/C8H11Cl2N5O/c1-4(7(16)15(2)3)11-6-5(9)13-14-8(10)12-6/h4H,1-3H3,(H,11,12,14). The molecule has 1 aromatic rings. The van der Waals surface area contributed by atoms with Crippen molar-refractivity contribution in [1.82, 2.24) is 20.1 Å². The second-order valence-corrected chi connectivity index (χ2v) is 4.02. The SMILES string of the molecule is CC(Nc1nc(Cl)nnc1Cl)C(=O)N(C)C. The van der Waals surface area contributed by atoms with Crippen LogP contribution >= 0.6 is 23.2 Å². The number of rotatable bonds is 3. The van der Waals surface area contributed by atoms with Crippen LogP contribution in [0.4, 0.5) is 5.82 Å². The summed E-state index contributed by atoms with van der Waals surface area (Å²) in [6.45, 7) is 1.69. The maximum atomic E-state index is 11.6. The van der Waals surface area contributed by atoms with E-state index in [-0.39, 0.29) is 22.2 Å². The molecule has 16 heavy (non-hydrogen) atoms. The molecule has 0 aliphatic rings. The zero-order valence-electron chi connectivity index (χ0n) is 9.03. The first-order chi connectivity index (χ1) is 7.41. The predicted octanol–water partition coefficient (Wildman–Crippen LogP) is 1.07. The molecule has 0 bridgehead atoms. The molecule has 1 N–H and O–H groups in total. The molecule has 88 valence electrons. The molecule has 6 nitrogen and oxygen atoms in total. The Hall–Kier alpha value is -1.14. The van der Waals surface area contributed by atoms with Crippen molar-refractivity contribution in [2.24, 2.45) is 0 Å². The van der Waals surface area contributed by atoms with Crippen LogP contribution in [0.2, 0.25) is 10.4 Å². The maximum absolute atomic E-state index is 11.6. The van der Waals surface area contributed by atoms with Gasteiger partial charge in [0.25, 0.3) is 0 Å². The Morgan fingerprint density at radius 1 is 1.38 bits per heavy atom. The third-order valence-corrected chi connectivity index (χ3v) is 2.20. The second-order valence-electron chi connectivity index (χ2n) is 3.32. The molecule has 0 saturated heterocycles. The van der Waals surface area contributed by atoms with Gasteiger partial charge in [-0.2, -0.15) is 4.98 Å². The Kier molecular flexibility index (Phi) is 4.26. The molecule has 0 aliphatic carbocycles. The number of amides is 1. The molecule has 1 unspecified atom stereocenters. The van der Waals surface area contributed by atoms with Gasteiger partial charge in [-0.05, 0) is 18.5 Å². The lowest BCUT2D eigenvalue weighted by Crippen LogP contribution is -2.37. The van der Waals surface area contributed by atoms with Gasteiger partial charge in [-0.25, -0.2) is 0 Å². The summed E-state index contributed by atoms with van der Waals surface area (Å²) in [5, 5.41) is 9.88. The van der Waals surface area contributed by atoms with E-state index in [1.165, 1.54) is 4.90 Å². The Morgan fingerprint density at radius 3 is 2.56 bits per heavy atom. The van der Waals surface area contributed by atoms with Crippen molar-refractivity contribution < 1.29 is 4.79 Å². The second kappa shape index (κ2) is 5.27. The van der Waals surface area contributed by atoms with E-state index in [1.54, 1.807) is 21.0 Å². The Labute approximate surface area is 103 Å². The molecule has 1 rings (SSSR count). The van der Waals surface area contributed by atoms with Crippen molar-refractivity contribution in [2.75, 3.05) is 19.4 Å². The number of halogens is 2. The summed E-state index contributed by atoms with van der Waals surface area (Å²) < 4.78 is 0. The van der Waals surface area contributed by atoms with Gasteiger partial charge in [0.2, 0.25) is 11.2 Å². The van der Waals surface area contributed by atoms with E-state index in [9.17, 15) is 4.79 Å². The Balaban J connectivity index is 2.80. The smallest absolute Gasteiger partial charge is 0.245 e. The van der Waals surface area contributed by atoms with Gasteiger partial charge in [-0.1, -0.05) is 11.6 Å². The van der Waals surface area contributed by atoms with Crippen molar-refractivity contribution in [3.8, 4) is 0 Å². The van der Waals surface area contributed by atoms with Crippen LogP contribution in [0.1, 0.15) is 6.92 Å². The molecule has 0 aromatic carbocycles. The number of anilines is 1. The number of hydrogen-bond donors (Lipinski definition) is 1. The monoisotopic (exact) mass is 263 g/mol. The molecule has 8 heteroatoms. The quantitative estimate of drug-likeness (QED) is 0.884. The van der Waals surface area contributed by atoms with Gasteiger partial charge < -0.3 is 10.2 Å². The summed E-state index contributed by atoms with van der Waals surface area (Å²) in [7, 11) is 3.32.